The highest BCUT2D eigenvalue weighted by atomic mass is 16.6. The molecule has 0 radical (unpaired) electrons. The second-order valence-corrected chi connectivity index (χ2v) is 7.18. The summed E-state index contributed by atoms with van der Waals surface area (Å²) in [5.74, 6) is -0.165. The van der Waals surface area contributed by atoms with Crippen LogP contribution in [0.5, 0.6) is 0 Å². The van der Waals surface area contributed by atoms with E-state index in [-0.39, 0.29) is 18.0 Å². The van der Waals surface area contributed by atoms with E-state index in [1.165, 1.54) is 12.1 Å². The summed E-state index contributed by atoms with van der Waals surface area (Å²) in [5, 5.41) is 18.6. The first-order valence-corrected chi connectivity index (χ1v) is 9.75. The van der Waals surface area contributed by atoms with Crippen LogP contribution in [0.1, 0.15) is 11.1 Å². The van der Waals surface area contributed by atoms with E-state index in [0.717, 1.165) is 22.5 Å². The van der Waals surface area contributed by atoms with E-state index >= 15 is 0 Å². The summed E-state index contributed by atoms with van der Waals surface area (Å²) in [5.41, 5.74) is 4.69. The number of rotatable bonds is 6. The Balaban J connectivity index is 1.67. The lowest BCUT2D eigenvalue weighted by Crippen LogP contribution is -2.14. The van der Waals surface area contributed by atoms with Crippen molar-refractivity contribution in [1.82, 2.24) is 9.78 Å². The molecule has 7 heteroatoms. The molecule has 4 rings (SSSR count). The molecular weight excluding hydrogens is 392 g/mol. The molecule has 0 unspecified atom stereocenters. The lowest BCUT2D eigenvalue weighted by atomic mass is 10.1. The van der Waals surface area contributed by atoms with E-state index in [1.54, 1.807) is 16.8 Å². The van der Waals surface area contributed by atoms with Crippen molar-refractivity contribution < 1.29 is 9.72 Å². The van der Waals surface area contributed by atoms with Crippen molar-refractivity contribution in [3.63, 3.8) is 0 Å². The Morgan fingerprint density at radius 1 is 1.03 bits per heavy atom. The van der Waals surface area contributed by atoms with Gasteiger partial charge in [0.15, 0.2) is 0 Å². The number of non-ortho nitro benzene ring substituents is 1. The lowest BCUT2D eigenvalue weighted by molar-refractivity contribution is -0.384. The van der Waals surface area contributed by atoms with Gasteiger partial charge in [-0.2, -0.15) is 5.10 Å². The number of carbonyl (C=O) groups excluding carboxylic acids is 1. The second-order valence-electron chi connectivity index (χ2n) is 7.18. The van der Waals surface area contributed by atoms with E-state index in [2.05, 4.69) is 10.4 Å². The number of nitro benzene ring substituents is 1. The number of amides is 1. The van der Waals surface area contributed by atoms with Gasteiger partial charge in [-0.05, 0) is 48.9 Å². The fourth-order valence-corrected chi connectivity index (χ4v) is 3.34. The third-order valence-electron chi connectivity index (χ3n) is 4.82. The fraction of sp³-hybridized carbons (Fsp3) is 0.0833. The van der Waals surface area contributed by atoms with Crippen molar-refractivity contribution >= 4 is 17.3 Å². The first-order valence-electron chi connectivity index (χ1n) is 9.75. The summed E-state index contributed by atoms with van der Waals surface area (Å²) in [7, 11) is 0. The second kappa shape index (κ2) is 8.62. The molecule has 0 bridgehead atoms. The van der Waals surface area contributed by atoms with Crippen LogP contribution >= 0.6 is 0 Å². The van der Waals surface area contributed by atoms with Crippen LogP contribution in [-0.4, -0.2) is 20.6 Å². The van der Waals surface area contributed by atoms with Crippen molar-refractivity contribution in [1.29, 1.82) is 0 Å². The number of para-hydroxylation sites is 1. The Kier molecular flexibility index (Phi) is 5.57. The number of aryl methyl sites for hydroxylation is 1. The van der Waals surface area contributed by atoms with E-state index in [4.69, 9.17) is 0 Å². The number of aromatic nitrogens is 2. The van der Waals surface area contributed by atoms with Crippen LogP contribution in [0.3, 0.4) is 0 Å². The predicted octanol–water partition coefficient (Wildman–Crippen LogP) is 4.94. The summed E-state index contributed by atoms with van der Waals surface area (Å²) in [6.07, 6.45) is 1.94. The van der Waals surface area contributed by atoms with Gasteiger partial charge in [0, 0.05) is 35.1 Å². The van der Waals surface area contributed by atoms with Gasteiger partial charge in [-0.15, -0.1) is 0 Å². The number of nitrogens with zero attached hydrogens (tertiary/aromatic N) is 3. The van der Waals surface area contributed by atoms with E-state index in [1.807, 2.05) is 67.7 Å². The molecule has 0 saturated carbocycles. The lowest BCUT2D eigenvalue weighted by Gasteiger charge is -2.06. The molecule has 1 N–H and O–H groups in total. The zero-order chi connectivity index (χ0) is 21.8. The van der Waals surface area contributed by atoms with Crippen molar-refractivity contribution in [3.05, 3.63) is 106 Å². The number of hydrogen-bond acceptors (Lipinski definition) is 4. The summed E-state index contributed by atoms with van der Waals surface area (Å²) in [6.45, 7) is 1.96. The van der Waals surface area contributed by atoms with Crippen LogP contribution in [0, 0.1) is 17.0 Å². The summed E-state index contributed by atoms with van der Waals surface area (Å²) in [6, 6.07) is 23.4. The molecule has 0 fully saturated rings. The zero-order valence-corrected chi connectivity index (χ0v) is 16.9. The first kappa shape index (κ1) is 20.0. The van der Waals surface area contributed by atoms with Gasteiger partial charge in [0.2, 0.25) is 5.91 Å². The van der Waals surface area contributed by atoms with Gasteiger partial charge < -0.3 is 5.32 Å². The molecular formula is C24H20N4O3. The SMILES string of the molecule is Cc1cccc(NC(=O)Cc2cn(-c3ccccc3)nc2-c2ccc([N+](=O)[O-])cc2)c1. The average Bonchev–Trinajstić information content (AvgIpc) is 3.18. The number of nitro groups is 1. The highest BCUT2D eigenvalue weighted by Crippen LogP contribution is 2.26. The van der Waals surface area contributed by atoms with E-state index < -0.39 is 4.92 Å². The number of hydrogen-bond donors (Lipinski definition) is 1. The van der Waals surface area contributed by atoms with E-state index in [9.17, 15) is 14.9 Å². The standard InChI is InChI=1S/C24H20N4O3/c1-17-6-5-7-20(14-17)25-23(29)15-19-16-27(21-8-3-2-4-9-21)26-24(19)18-10-12-22(13-11-18)28(30)31/h2-14,16H,15H2,1H3,(H,25,29). The predicted molar refractivity (Wildman–Crippen MR) is 119 cm³/mol. The van der Waals surface area contributed by atoms with E-state index in [0.29, 0.717) is 11.3 Å². The molecule has 154 valence electrons. The van der Waals surface area contributed by atoms with Gasteiger partial charge in [-0.25, -0.2) is 4.68 Å². The Morgan fingerprint density at radius 3 is 2.45 bits per heavy atom. The van der Waals surface area contributed by atoms with Gasteiger partial charge >= 0.3 is 0 Å². The summed E-state index contributed by atoms with van der Waals surface area (Å²) < 4.78 is 1.71. The van der Waals surface area contributed by atoms with Crippen LogP contribution < -0.4 is 5.32 Å². The minimum atomic E-state index is -0.442. The Hall–Kier alpha value is -4.26. The summed E-state index contributed by atoms with van der Waals surface area (Å²) in [4.78, 5) is 23.3. The Morgan fingerprint density at radius 2 is 1.77 bits per heavy atom. The highest BCUT2D eigenvalue weighted by Gasteiger charge is 2.17. The quantitative estimate of drug-likeness (QED) is 0.359. The van der Waals surface area contributed by atoms with Gasteiger partial charge in [0.1, 0.15) is 0 Å². The number of carbonyl (C=O) groups is 1. The van der Waals surface area contributed by atoms with Crippen molar-refractivity contribution in [2.75, 3.05) is 5.32 Å². The van der Waals surface area contributed by atoms with Crippen LogP contribution in [-0.2, 0) is 11.2 Å². The molecule has 0 atom stereocenters. The molecule has 7 nitrogen and oxygen atoms in total. The first-order chi connectivity index (χ1) is 15.0. The van der Waals surface area contributed by atoms with Crippen molar-refractivity contribution in [2.45, 2.75) is 13.3 Å². The van der Waals surface area contributed by atoms with Crippen molar-refractivity contribution in [2.24, 2.45) is 0 Å². The maximum Gasteiger partial charge on any atom is 0.269 e. The normalized spacial score (nSPS) is 10.6. The number of nitrogens with one attached hydrogen (secondary N) is 1. The molecule has 0 aliphatic heterocycles. The minimum absolute atomic E-state index is 0.00461. The molecule has 3 aromatic carbocycles. The Labute approximate surface area is 179 Å². The molecule has 31 heavy (non-hydrogen) atoms. The molecule has 0 spiro atoms. The molecule has 4 aromatic rings. The maximum atomic E-state index is 12.7. The molecule has 1 aromatic heterocycles. The minimum Gasteiger partial charge on any atom is -0.326 e. The van der Waals surface area contributed by atoms with Gasteiger partial charge in [-0.3, -0.25) is 14.9 Å². The largest absolute Gasteiger partial charge is 0.326 e. The molecule has 0 saturated heterocycles. The number of anilines is 1. The highest BCUT2D eigenvalue weighted by molar-refractivity contribution is 5.93. The molecule has 1 amide bonds. The van der Waals surface area contributed by atoms with Gasteiger partial charge in [0.05, 0.1) is 22.7 Å². The number of benzene rings is 3. The maximum absolute atomic E-state index is 12.7. The summed E-state index contributed by atoms with van der Waals surface area (Å²) >= 11 is 0. The van der Waals surface area contributed by atoms with Gasteiger partial charge in [-0.1, -0.05) is 30.3 Å². The van der Waals surface area contributed by atoms with Gasteiger partial charge in [0.25, 0.3) is 5.69 Å². The zero-order valence-electron chi connectivity index (χ0n) is 16.9. The molecule has 0 aliphatic carbocycles. The third kappa shape index (κ3) is 4.67. The van der Waals surface area contributed by atoms with Crippen LogP contribution in [0.15, 0.2) is 85.1 Å². The molecule has 1 heterocycles. The Bertz CT molecular complexity index is 1230. The smallest absolute Gasteiger partial charge is 0.269 e. The fourth-order valence-electron chi connectivity index (χ4n) is 3.34. The van der Waals surface area contributed by atoms with Crippen LogP contribution in [0.2, 0.25) is 0 Å². The van der Waals surface area contributed by atoms with Crippen molar-refractivity contribution in [3.8, 4) is 16.9 Å². The topological polar surface area (TPSA) is 90.1 Å². The van der Waals surface area contributed by atoms with Crippen LogP contribution in [0.4, 0.5) is 11.4 Å². The average molecular weight is 412 g/mol. The third-order valence-corrected chi connectivity index (χ3v) is 4.82. The van der Waals surface area contributed by atoms with Crippen LogP contribution in [0.25, 0.3) is 16.9 Å². The molecule has 0 aliphatic rings. The monoisotopic (exact) mass is 412 g/mol.